The van der Waals surface area contributed by atoms with Gasteiger partial charge in [-0.15, -0.1) is 0 Å². The Morgan fingerprint density at radius 3 is 2.00 bits per heavy atom. The molecule has 1 aliphatic rings. The highest BCUT2D eigenvalue weighted by atomic mass is 32.2. The van der Waals surface area contributed by atoms with Gasteiger partial charge in [0.2, 0.25) is 0 Å². The number of aromatic carboxylic acids is 1. The number of alkyl halides is 3. The minimum atomic E-state index is -5.08. The van der Waals surface area contributed by atoms with Crippen LogP contribution >= 0.6 is 0 Å². The molecule has 186 valence electrons. The van der Waals surface area contributed by atoms with Crippen LogP contribution in [0.4, 0.5) is 24.5 Å². The second-order valence-corrected chi connectivity index (χ2v) is 9.05. The molecule has 3 N–H and O–H groups in total. The zero-order valence-corrected chi connectivity index (χ0v) is 19.0. The number of nitrogens with zero attached hydrogens (tertiary/aromatic N) is 1. The summed E-state index contributed by atoms with van der Waals surface area (Å²) in [6, 6.07) is 9.61. The fraction of sp³-hybridized carbons (Fsp3) is 0.333. The van der Waals surface area contributed by atoms with Crippen LogP contribution in [0.5, 0.6) is 0 Å². The van der Waals surface area contributed by atoms with Crippen molar-refractivity contribution in [3.63, 3.8) is 0 Å². The van der Waals surface area contributed by atoms with Crippen LogP contribution in [-0.4, -0.2) is 63.0 Å². The summed E-state index contributed by atoms with van der Waals surface area (Å²) in [5.74, 6) is -3.86. The highest BCUT2D eigenvalue weighted by molar-refractivity contribution is 7.92. The first-order chi connectivity index (χ1) is 15.7. The summed E-state index contributed by atoms with van der Waals surface area (Å²) in [6.07, 6.45) is -5.08. The Balaban J connectivity index is 0.000000509. The maximum atomic E-state index is 12.7. The lowest BCUT2D eigenvalue weighted by Gasteiger charge is -2.30. The molecule has 0 aromatic heterocycles. The molecule has 0 radical (unpaired) electrons. The van der Waals surface area contributed by atoms with Gasteiger partial charge in [-0.05, 0) is 55.3 Å². The van der Waals surface area contributed by atoms with E-state index in [1.54, 1.807) is 24.3 Å². The van der Waals surface area contributed by atoms with E-state index < -0.39 is 28.1 Å². The average Bonchev–Trinajstić information content (AvgIpc) is 2.73. The highest BCUT2D eigenvalue weighted by Crippen LogP contribution is 2.27. The van der Waals surface area contributed by atoms with Crippen LogP contribution in [0.2, 0.25) is 0 Å². The minimum absolute atomic E-state index is 0.0533. The Morgan fingerprint density at radius 2 is 1.53 bits per heavy atom. The number of carboxylic acids is 2. The number of halogens is 3. The Bertz CT molecular complexity index is 1140. The highest BCUT2D eigenvalue weighted by Gasteiger charge is 2.38. The number of benzene rings is 2. The number of anilines is 2. The van der Waals surface area contributed by atoms with Crippen LogP contribution in [0, 0.1) is 13.8 Å². The van der Waals surface area contributed by atoms with Gasteiger partial charge in [0, 0.05) is 18.8 Å². The standard InChI is InChI=1S/C19H22N2O5S.C2HF3O2/c1-13-9-14(2)11-16(10-13)27(24,25)20-15-3-4-18(17(12-15)19(22)23)21-5-7-26-8-6-21;3-2(4,5)1(6)7/h3-4,9-12,20H,5-8H2,1-2H3,(H,22,23);(H,6,7). The number of aliphatic carboxylic acids is 1. The molecule has 13 heteroatoms. The summed E-state index contributed by atoms with van der Waals surface area (Å²) < 4.78 is 64.9. The van der Waals surface area contributed by atoms with Gasteiger partial charge in [0.25, 0.3) is 10.0 Å². The second kappa shape index (κ2) is 10.7. The third-order valence-corrected chi connectivity index (χ3v) is 5.94. The van der Waals surface area contributed by atoms with E-state index in [0.29, 0.717) is 32.0 Å². The van der Waals surface area contributed by atoms with Crippen LogP contribution in [0.25, 0.3) is 0 Å². The monoisotopic (exact) mass is 504 g/mol. The van der Waals surface area contributed by atoms with Gasteiger partial charge in [-0.25, -0.2) is 18.0 Å². The van der Waals surface area contributed by atoms with E-state index in [1.807, 2.05) is 24.8 Å². The number of hydrogen-bond donors (Lipinski definition) is 3. The van der Waals surface area contributed by atoms with Gasteiger partial charge in [-0.3, -0.25) is 4.72 Å². The molecule has 0 bridgehead atoms. The molecule has 1 saturated heterocycles. The molecule has 3 rings (SSSR count). The van der Waals surface area contributed by atoms with E-state index in [0.717, 1.165) is 11.1 Å². The summed E-state index contributed by atoms with van der Waals surface area (Å²) in [7, 11) is -3.82. The average molecular weight is 504 g/mol. The van der Waals surface area contributed by atoms with E-state index >= 15 is 0 Å². The van der Waals surface area contributed by atoms with Crippen LogP contribution in [-0.2, 0) is 19.6 Å². The van der Waals surface area contributed by atoms with Crippen LogP contribution in [0.3, 0.4) is 0 Å². The molecular formula is C21H23F3N2O7S. The quantitative estimate of drug-likeness (QED) is 0.565. The molecular weight excluding hydrogens is 481 g/mol. The van der Waals surface area contributed by atoms with Crippen LogP contribution in [0.15, 0.2) is 41.3 Å². The van der Waals surface area contributed by atoms with Crippen molar-refractivity contribution in [1.82, 2.24) is 0 Å². The van der Waals surface area contributed by atoms with Crippen molar-refractivity contribution in [2.75, 3.05) is 35.9 Å². The molecule has 0 aliphatic carbocycles. The number of sulfonamides is 1. The van der Waals surface area contributed by atoms with Crippen molar-refractivity contribution >= 4 is 33.3 Å². The number of carboxylic acid groups (broad SMARTS) is 2. The molecule has 1 aliphatic heterocycles. The van der Waals surface area contributed by atoms with Crippen molar-refractivity contribution in [1.29, 1.82) is 0 Å². The smallest absolute Gasteiger partial charge is 0.478 e. The zero-order valence-electron chi connectivity index (χ0n) is 18.2. The predicted octanol–water partition coefficient (Wildman–Crippen LogP) is 3.27. The lowest BCUT2D eigenvalue weighted by molar-refractivity contribution is -0.192. The molecule has 1 heterocycles. The molecule has 34 heavy (non-hydrogen) atoms. The van der Waals surface area contributed by atoms with Gasteiger partial charge >= 0.3 is 18.1 Å². The fourth-order valence-corrected chi connectivity index (χ4v) is 4.39. The van der Waals surface area contributed by atoms with Crippen molar-refractivity contribution in [3.05, 3.63) is 53.1 Å². The van der Waals surface area contributed by atoms with E-state index in [1.165, 1.54) is 6.07 Å². The lowest BCUT2D eigenvalue weighted by atomic mass is 10.1. The fourth-order valence-electron chi connectivity index (χ4n) is 3.15. The first kappa shape index (κ1) is 26.9. The van der Waals surface area contributed by atoms with E-state index in [9.17, 15) is 31.5 Å². The minimum Gasteiger partial charge on any atom is -0.478 e. The normalized spacial score (nSPS) is 14.1. The third kappa shape index (κ3) is 7.35. The summed E-state index contributed by atoms with van der Waals surface area (Å²) >= 11 is 0. The summed E-state index contributed by atoms with van der Waals surface area (Å²) in [4.78, 5) is 22.7. The van der Waals surface area contributed by atoms with Crippen molar-refractivity contribution < 1.29 is 46.1 Å². The van der Waals surface area contributed by atoms with Crippen LogP contribution in [0.1, 0.15) is 21.5 Å². The Kier molecular flexibility index (Phi) is 8.51. The van der Waals surface area contributed by atoms with Crippen molar-refractivity contribution in [3.8, 4) is 0 Å². The summed E-state index contributed by atoms with van der Waals surface area (Å²) in [6.45, 7) is 5.89. The number of rotatable bonds is 5. The number of aryl methyl sites for hydroxylation is 2. The molecule has 2 aromatic carbocycles. The number of carbonyl (C=O) groups is 2. The van der Waals surface area contributed by atoms with E-state index in [2.05, 4.69) is 4.72 Å². The molecule has 9 nitrogen and oxygen atoms in total. The molecule has 0 saturated carbocycles. The Morgan fingerprint density at radius 1 is 1.00 bits per heavy atom. The van der Waals surface area contributed by atoms with Crippen molar-refractivity contribution in [2.24, 2.45) is 0 Å². The zero-order chi connectivity index (χ0) is 25.7. The second-order valence-electron chi connectivity index (χ2n) is 7.37. The molecule has 0 atom stereocenters. The Labute approximate surface area is 193 Å². The lowest BCUT2D eigenvalue weighted by Crippen LogP contribution is -2.37. The maximum Gasteiger partial charge on any atom is 0.490 e. The summed E-state index contributed by atoms with van der Waals surface area (Å²) in [5, 5.41) is 16.7. The third-order valence-electron chi connectivity index (χ3n) is 4.58. The molecule has 0 spiro atoms. The molecule has 0 unspecified atom stereocenters. The van der Waals surface area contributed by atoms with E-state index in [-0.39, 0.29) is 16.1 Å². The first-order valence-electron chi connectivity index (χ1n) is 9.82. The van der Waals surface area contributed by atoms with Gasteiger partial charge in [-0.1, -0.05) is 6.07 Å². The number of nitrogens with one attached hydrogen (secondary N) is 1. The number of ether oxygens (including phenoxy) is 1. The van der Waals surface area contributed by atoms with Crippen molar-refractivity contribution in [2.45, 2.75) is 24.9 Å². The van der Waals surface area contributed by atoms with Gasteiger partial charge in [0.15, 0.2) is 0 Å². The van der Waals surface area contributed by atoms with Gasteiger partial charge in [-0.2, -0.15) is 13.2 Å². The van der Waals surface area contributed by atoms with Gasteiger partial charge in [0.05, 0.1) is 29.4 Å². The maximum absolute atomic E-state index is 12.7. The predicted molar refractivity (Wildman–Crippen MR) is 117 cm³/mol. The SMILES string of the molecule is Cc1cc(C)cc(S(=O)(=O)Nc2ccc(N3CCOCC3)c(C(=O)O)c2)c1.O=C(O)C(F)(F)F. The van der Waals surface area contributed by atoms with Crippen LogP contribution < -0.4 is 9.62 Å². The largest absolute Gasteiger partial charge is 0.490 e. The molecule has 2 aromatic rings. The number of morpholine rings is 1. The summed E-state index contributed by atoms with van der Waals surface area (Å²) in [5.41, 5.74) is 2.50. The Hall–Kier alpha value is -3.32. The number of hydrogen-bond acceptors (Lipinski definition) is 6. The van der Waals surface area contributed by atoms with Gasteiger partial charge in [0.1, 0.15) is 0 Å². The topological polar surface area (TPSA) is 133 Å². The molecule has 0 amide bonds. The molecule has 1 fully saturated rings. The first-order valence-corrected chi connectivity index (χ1v) is 11.3. The van der Waals surface area contributed by atoms with E-state index in [4.69, 9.17) is 14.6 Å². The van der Waals surface area contributed by atoms with Gasteiger partial charge < -0.3 is 19.8 Å².